The summed E-state index contributed by atoms with van der Waals surface area (Å²) in [5, 5.41) is 33.2. The molecule has 0 aromatic heterocycles. The largest absolute Gasteiger partial charge is 0.394 e. The highest BCUT2D eigenvalue weighted by molar-refractivity contribution is 5.76. The molecule has 0 bridgehead atoms. The van der Waals surface area contributed by atoms with Crippen molar-refractivity contribution >= 4 is 5.91 Å². The van der Waals surface area contributed by atoms with Crippen LogP contribution in [0.2, 0.25) is 0 Å². The number of aliphatic hydroxyl groups is 3. The summed E-state index contributed by atoms with van der Waals surface area (Å²) < 4.78 is 0. The Balaban J connectivity index is 3.75. The molecule has 0 aliphatic carbocycles. The number of amides is 1. The minimum Gasteiger partial charge on any atom is -0.394 e. The summed E-state index contributed by atoms with van der Waals surface area (Å²) in [6.07, 6.45) is 33.0. The number of hydrogen-bond donors (Lipinski definition) is 4. The Morgan fingerprint density at radius 3 is 1.45 bits per heavy atom. The third-order valence-electron chi connectivity index (χ3n) is 8.12. The van der Waals surface area contributed by atoms with Crippen molar-refractivity contribution in [2.45, 2.75) is 199 Å². The second kappa shape index (κ2) is 31.0. The first-order valence-corrected chi connectivity index (χ1v) is 17.5. The molecule has 4 N–H and O–H groups in total. The average molecular weight is 568 g/mol. The van der Waals surface area contributed by atoms with Gasteiger partial charge in [0.1, 0.15) is 6.10 Å². The fourth-order valence-electron chi connectivity index (χ4n) is 5.34. The minimum atomic E-state index is -1.15. The molecule has 0 fully saturated rings. The zero-order valence-corrected chi connectivity index (χ0v) is 26.7. The Morgan fingerprint density at radius 1 is 0.600 bits per heavy atom. The van der Waals surface area contributed by atoms with Gasteiger partial charge in [-0.05, 0) is 38.5 Å². The van der Waals surface area contributed by atoms with Crippen LogP contribution in [-0.4, -0.2) is 46.1 Å². The highest BCUT2D eigenvalue weighted by Crippen LogP contribution is 2.14. The first-order valence-electron chi connectivity index (χ1n) is 17.5. The van der Waals surface area contributed by atoms with Gasteiger partial charge >= 0.3 is 0 Å². The van der Waals surface area contributed by atoms with Crippen molar-refractivity contribution in [3.8, 4) is 0 Å². The SMILES string of the molecule is CCCCCCCCCC/C=C/CCCC(O)C(O)C(CO)NC(=O)CCCCCCCCCCCCCCC. The number of carbonyl (C=O) groups excluding carboxylic acids is 1. The second-order valence-electron chi connectivity index (χ2n) is 12.1. The van der Waals surface area contributed by atoms with E-state index in [4.69, 9.17) is 0 Å². The molecule has 5 nitrogen and oxygen atoms in total. The van der Waals surface area contributed by atoms with Crippen LogP contribution in [-0.2, 0) is 4.79 Å². The number of aliphatic hydroxyl groups excluding tert-OH is 3. The van der Waals surface area contributed by atoms with Gasteiger partial charge in [0.05, 0.1) is 18.8 Å². The van der Waals surface area contributed by atoms with Crippen molar-refractivity contribution in [1.29, 1.82) is 0 Å². The number of carbonyl (C=O) groups is 1. The van der Waals surface area contributed by atoms with E-state index in [9.17, 15) is 20.1 Å². The highest BCUT2D eigenvalue weighted by atomic mass is 16.3. The van der Waals surface area contributed by atoms with Gasteiger partial charge < -0.3 is 20.6 Å². The van der Waals surface area contributed by atoms with Crippen molar-refractivity contribution in [2.24, 2.45) is 0 Å². The third-order valence-corrected chi connectivity index (χ3v) is 8.12. The first-order chi connectivity index (χ1) is 19.6. The van der Waals surface area contributed by atoms with Gasteiger partial charge in [0.25, 0.3) is 0 Å². The summed E-state index contributed by atoms with van der Waals surface area (Å²) in [4.78, 5) is 12.3. The van der Waals surface area contributed by atoms with Gasteiger partial charge in [-0.1, -0.05) is 148 Å². The molecule has 0 radical (unpaired) electrons. The lowest BCUT2D eigenvalue weighted by molar-refractivity contribution is -0.124. The Bertz CT molecular complexity index is 554. The van der Waals surface area contributed by atoms with E-state index in [2.05, 4.69) is 31.3 Å². The van der Waals surface area contributed by atoms with Crippen LogP contribution in [0.3, 0.4) is 0 Å². The molecular formula is C35H69NO4. The van der Waals surface area contributed by atoms with Crippen LogP contribution in [0.5, 0.6) is 0 Å². The van der Waals surface area contributed by atoms with Crippen molar-refractivity contribution in [1.82, 2.24) is 5.32 Å². The molecule has 1 amide bonds. The highest BCUT2D eigenvalue weighted by Gasteiger charge is 2.26. The molecule has 0 saturated heterocycles. The quantitative estimate of drug-likeness (QED) is 0.0497. The lowest BCUT2D eigenvalue weighted by Crippen LogP contribution is -2.50. The zero-order valence-electron chi connectivity index (χ0n) is 26.7. The van der Waals surface area contributed by atoms with Crippen LogP contribution in [0.15, 0.2) is 12.2 Å². The maximum Gasteiger partial charge on any atom is 0.220 e. The normalized spacial score (nSPS) is 14.0. The van der Waals surface area contributed by atoms with E-state index in [-0.39, 0.29) is 12.5 Å². The van der Waals surface area contributed by atoms with Crippen LogP contribution in [0.25, 0.3) is 0 Å². The summed E-state index contributed by atoms with van der Waals surface area (Å²) in [6, 6.07) is -0.818. The lowest BCUT2D eigenvalue weighted by Gasteiger charge is -2.26. The Morgan fingerprint density at radius 2 is 1.00 bits per heavy atom. The van der Waals surface area contributed by atoms with Gasteiger partial charge in [-0.2, -0.15) is 0 Å². The topological polar surface area (TPSA) is 89.8 Å². The fourth-order valence-corrected chi connectivity index (χ4v) is 5.34. The molecule has 0 aliphatic heterocycles. The number of allylic oxidation sites excluding steroid dienone is 2. The van der Waals surface area contributed by atoms with E-state index in [1.807, 2.05) is 0 Å². The predicted molar refractivity (Wildman–Crippen MR) is 172 cm³/mol. The molecule has 0 aromatic carbocycles. The minimum absolute atomic E-state index is 0.155. The molecule has 0 aromatic rings. The summed E-state index contributed by atoms with van der Waals surface area (Å²) in [6.45, 7) is 4.14. The molecule has 0 heterocycles. The van der Waals surface area contributed by atoms with E-state index in [1.165, 1.54) is 116 Å². The molecule has 0 saturated carbocycles. The monoisotopic (exact) mass is 568 g/mol. The molecule has 40 heavy (non-hydrogen) atoms. The van der Waals surface area contributed by atoms with E-state index >= 15 is 0 Å². The van der Waals surface area contributed by atoms with Crippen molar-refractivity contribution in [3.63, 3.8) is 0 Å². The van der Waals surface area contributed by atoms with E-state index in [0.717, 1.165) is 38.5 Å². The molecule has 0 aliphatic rings. The van der Waals surface area contributed by atoms with Crippen molar-refractivity contribution in [2.75, 3.05) is 6.61 Å². The maximum absolute atomic E-state index is 12.3. The van der Waals surface area contributed by atoms with E-state index < -0.39 is 18.2 Å². The van der Waals surface area contributed by atoms with Gasteiger partial charge in [-0.25, -0.2) is 0 Å². The number of nitrogens with one attached hydrogen (secondary N) is 1. The number of rotatable bonds is 31. The smallest absolute Gasteiger partial charge is 0.220 e. The van der Waals surface area contributed by atoms with Gasteiger partial charge in [-0.3, -0.25) is 4.79 Å². The Kier molecular flexibility index (Phi) is 30.3. The molecule has 0 rings (SSSR count). The summed E-state index contributed by atoms with van der Waals surface area (Å²) >= 11 is 0. The molecule has 3 atom stereocenters. The summed E-state index contributed by atoms with van der Waals surface area (Å²) in [5.74, 6) is -0.155. The maximum atomic E-state index is 12.3. The number of hydrogen-bond acceptors (Lipinski definition) is 4. The van der Waals surface area contributed by atoms with Gasteiger partial charge in [0, 0.05) is 6.42 Å². The van der Waals surface area contributed by atoms with Crippen LogP contribution in [0, 0.1) is 0 Å². The molecule has 0 spiro atoms. The van der Waals surface area contributed by atoms with Crippen LogP contribution >= 0.6 is 0 Å². The van der Waals surface area contributed by atoms with Gasteiger partial charge in [0.15, 0.2) is 0 Å². The average Bonchev–Trinajstić information content (AvgIpc) is 2.96. The number of unbranched alkanes of at least 4 members (excludes halogenated alkanes) is 21. The Labute approximate surface area is 249 Å². The lowest BCUT2D eigenvalue weighted by atomic mass is 10.0. The predicted octanol–water partition coefficient (Wildman–Crippen LogP) is 8.92. The standard InChI is InChI=1S/C35H69NO4/c1-3-5-7-9-11-13-15-17-19-21-23-25-27-29-33(38)35(40)32(31-37)36-34(39)30-28-26-24-22-20-18-16-14-12-10-8-6-4-2/h21,23,32-33,35,37-38,40H,3-20,22,24-31H2,1-2H3,(H,36,39)/b23-21+. The zero-order chi connectivity index (χ0) is 29.5. The van der Waals surface area contributed by atoms with Gasteiger partial charge in [-0.15, -0.1) is 0 Å². The molecule has 3 unspecified atom stereocenters. The molecule has 238 valence electrons. The van der Waals surface area contributed by atoms with Crippen molar-refractivity contribution in [3.05, 3.63) is 12.2 Å². The van der Waals surface area contributed by atoms with Gasteiger partial charge in [0.2, 0.25) is 5.91 Å². The third kappa shape index (κ3) is 26.0. The first kappa shape index (κ1) is 39.1. The van der Waals surface area contributed by atoms with Crippen LogP contribution in [0.1, 0.15) is 181 Å². The van der Waals surface area contributed by atoms with E-state index in [1.54, 1.807) is 0 Å². The summed E-state index contributed by atoms with van der Waals surface area (Å²) in [7, 11) is 0. The van der Waals surface area contributed by atoms with Crippen LogP contribution < -0.4 is 5.32 Å². The second-order valence-corrected chi connectivity index (χ2v) is 12.1. The van der Waals surface area contributed by atoms with E-state index in [0.29, 0.717) is 12.8 Å². The summed E-state index contributed by atoms with van der Waals surface area (Å²) in [5.41, 5.74) is 0. The molecule has 5 heteroatoms. The van der Waals surface area contributed by atoms with Crippen molar-refractivity contribution < 1.29 is 20.1 Å². The Hall–Kier alpha value is -0.910. The van der Waals surface area contributed by atoms with Crippen LogP contribution in [0.4, 0.5) is 0 Å². The molecular weight excluding hydrogens is 498 g/mol. The fraction of sp³-hybridized carbons (Fsp3) is 0.914.